The third-order valence-corrected chi connectivity index (χ3v) is 5.09. The van der Waals surface area contributed by atoms with E-state index < -0.39 is 11.8 Å². The second-order valence-corrected chi connectivity index (χ2v) is 6.85. The number of aromatic nitrogens is 2. The number of carbonyl (C=O) groups is 3. The van der Waals surface area contributed by atoms with Crippen LogP contribution >= 0.6 is 0 Å². The molecule has 0 saturated carbocycles. The second-order valence-electron chi connectivity index (χ2n) is 6.85. The number of nitrogens with zero attached hydrogens (tertiary/aromatic N) is 4. The van der Waals surface area contributed by atoms with Crippen LogP contribution in [0.25, 0.3) is 11.3 Å². The van der Waals surface area contributed by atoms with Gasteiger partial charge in [0.2, 0.25) is 11.8 Å². The van der Waals surface area contributed by atoms with Gasteiger partial charge in [0.15, 0.2) is 0 Å². The van der Waals surface area contributed by atoms with Gasteiger partial charge in [0.05, 0.1) is 17.5 Å². The Hall–Kier alpha value is -3.29. The van der Waals surface area contributed by atoms with Crippen molar-refractivity contribution in [3.05, 3.63) is 42.4 Å². The van der Waals surface area contributed by atoms with Gasteiger partial charge in [0.25, 0.3) is 0 Å². The Labute approximate surface area is 156 Å². The Bertz CT molecular complexity index is 920. The highest BCUT2D eigenvalue weighted by molar-refractivity contribution is 6.06. The van der Waals surface area contributed by atoms with E-state index in [1.54, 1.807) is 12.3 Å². The average Bonchev–Trinajstić information content (AvgIpc) is 3.19. The minimum Gasteiger partial charge on any atom is -0.323 e. The molecule has 8 heteroatoms. The van der Waals surface area contributed by atoms with E-state index in [1.165, 1.54) is 11.9 Å². The number of nitrogens with one attached hydrogen (secondary N) is 1. The molecule has 2 aliphatic heterocycles. The quantitative estimate of drug-likeness (QED) is 0.815. The lowest BCUT2D eigenvalue weighted by Gasteiger charge is -2.19. The number of likely N-dealkylation sites (tertiary alicyclic amines) is 2. The summed E-state index contributed by atoms with van der Waals surface area (Å²) in [5.74, 6) is -0.597. The van der Waals surface area contributed by atoms with Crippen molar-refractivity contribution < 1.29 is 14.4 Å². The van der Waals surface area contributed by atoms with Gasteiger partial charge in [0, 0.05) is 37.6 Å². The molecule has 0 spiro atoms. The predicted octanol–water partition coefficient (Wildman–Crippen LogP) is 1.53. The van der Waals surface area contributed by atoms with E-state index in [4.69, 9.17) is 0 Å². The smallest absolute Gasteiger partial charge is 0.321 e. The van der Waals surface area contributed by atoms with Gasteiger partial charge in [-0.2, -0.15) is 0 Å². The van der Waals surface area contributed by atoms with Gasteiger partial charge < -0.3 is 10.2 Å². The van der Waals surface area contributed by atoms with Crippen molar-refractivity contribution >= 4 is 23.5 Å². The van der Waals surface area contributed by atoms with Crippen LogP contribution in [0.4, 0.5) is 10.5 Å². The normalized spacial score (nSPS) is 21.6. The lowest BCUT2D eigenvalue weighted by Crippen LogP contribution is -2.38. The number of amides is 4. The van der Waals surface area contributed by atoms with E-state index in [2.05, 4.69) is 15.3 Å². The highest BCUT2D eigenvalue weighted by atomic mass is 16.2. The van der Waals surface area contributed by atoms with Crippen molar-refractivity contribution in [1.29, 1.82) is 0 Å². The molecule has 0 radical (unpaired) electrons. The van der Waals surface area contributed by atoms with Crippen molar-refractivity contribution in [3.63, 3.8) is 0 Å². The van der Waals surface area contributed by atoms with Crippen molar-refractivity contribution in [1.82, 2.24) is 19.8 Å². The van der Waals surface area contributed by atoms with Crippen LogP contribution in [0.2, 0.25) is 0 Å². The first kappa shape index (κ1) is 17.1. The maximum Gasteiger partial charge on any atom is 0.321 e. The molecule has 2 aromatic rings. The first-order valence-corrected chi connectivity index (χ1v) is 8.71. The summed E-state index contributed by atoms with van der Waals surface area (Å²) in [6.45, 7) is 2.34. The van der Waals surface area contributed by atoms with Gasteiger partial charge in [-0.15, -0.1) is 0 Å². The summed E-state index contributed by atoms with van der Waals surface area (Å²) in [5.41, 5.74) is 2.26. The number of carbonyl (C=O) groups excluding carboxylic acids is 3. The molecule has 2 fully saturated rings. The fraction of sp³-hybridized carbons (Fsp3) is 0.316. The molecule has 1 aromatic heterocycles. The number of urea groups is 1. The van der Waals surface area contributed by atoms with Crippen molar-refractivity contribution in [2.45, 2.75) is 6.92 Å². The summed E-state index contributed by atoms with van der Waals surface area (Å²) in [7, 11) is 1.49. The summed E-state index contributed by atoms with van der Waals surface area (Å²) in [5, 5.41) is 2.85. The molecule has 1 aromatic carbocycles. The van der Waals surface area contributed by atoms with E-state index in [0.29, 0.717) is 11.5 Å². The number of hydrogen-bond acceptors (Lipinski definition) is 5. The third kappa shape index (κ3) is 3.03. The minimum atomic E-state index is -0.427. The lowest BCUT2D eigenvalue weighted by atomic mass is 10.00. The summed E-state index contributed by atoms with van der Waals surface area (Å²) in [4.78, 5) is 47.9. The predicted molar refractivity (Wildman–Crippen MR) is 97.6 cm³/mol. The second kappa shape index (κ2) is 6.46. The highest BCUT2D eigenvalue weighted by Crippen LogP contribution is 2.33. The number of benzene rings is 1. The minimum absolute atomic E-state index is 0.207. The molecule has 1 N–H and O–H groups in total. The molecule has 2 saturated heterocycles. The molecule has 2 aliphatic rings. The zero-order chi connectivity index (χ0) is 19.1. The Morgan fingerprint density at radius 1 is 1.15 bits per heavy atom. The zero-order valence-corrected chi connectivity index (χ0v) is 15.0. The van der Waals surface area contributed by atoms with E-state index in [1.807, 2.05) is 31.2 Å². The van der Waals surface area contributed by atoms with Gasteiger partial charge in [-0.1, -0.05) is 12.1 Å². The monoisotopic (exact) mass is 365 g/mol. The fourth-order valence-corrected chi connectivity index (χ4v) is 3.65. The molecule has 8 nitrogen and oxygen atoms in total. The summed E-state index contributed by atoms with van der Waals surface area (Å²) in [6, 6.07) is 8.86. The van der Waals surface area contributed by atoms with Crippen LogP contribution in [0.15, 0.2) is 36.5 Å². The number of imide groups is 1. The molecular formula is C19H19N5O3. The van der Waals surface area contributed by atoms with E-state index in [0.717, 1.165) is 16.2 Å². The van der Waals surface area contributed by atoms with Crippen molar-refractivity contribution in [3.8, 4) is 11.3 Å². The molecule has 4 rings (SSSR count). The van der Waals surface area contributed by atoms with Gasteiger partial charge in [-0.3, -0.25) is 14.5 Å². The van der Waals surface area contributed by atoms with E-state index in [-0.39, 0.29) is 30.9 Å². The van der Waals surface area contributed by atoms with Gasteiger partial charge in [0.1, 0.15) is 5.82 Å². The van der Waals surface area contributed by atoms with Gasteiger partial charge in [-0.25, -0.2) is 14.8 Å². The first-order chi connectivity index (χ1) is 12.9. The maximum atomic E-state index is 12.6. The third-order valence-electron chi connectivity index (χ3n) is 5.09. The zero-order valence-electron chi connectivity index (χ0n) is 15.0. The first-order valence-electron chi connectivity index (χ1n) is 8.71. The molecule has 3 heterocycles. The number of anilines is 1. The summed E-state index contributed by atoms with van der Waals surface area (Å²) < 4.78 is 0. The van der Waals surface area contributed by atoms with Crippen LogP contribution in [0.1, 0.15) is 5.82 Å². The molecular weight excluding hydrogens is 346 g/mol. The van der Waals surface area contributed by atoms with Crippen LogP contribution in [0, 0.1) is 18.8 Å². The Morgan fingerprint density at radius 3 is 2.52 bits per heavy atom. The fourth-order valence-electron chi connectivity index (χ4n) is 3.65. The highest BCUT2D eigenvalue weighted by Gasteiger charge is 2.51. The lowest BCUT2D eigenvalue weighted by molar-refractivity contribution is -0.138. The van der Waals surface area contributed by atoms with Crippen molar-refractivity contribution in [2.24, 2.45) is 11.8 Å². The van der Waals surface area contributed by atoms with Crippen LogP contribution in [0.3, 0.4) is 0 Å². The molecule has 0 bridgehead atoms. The molecule has 4 amide bonds. The number of aryl methyl sites for hydroxylation is 1. The molecule has 2 atom stereocenters. The molecule has 27 heavy (non-hydrogen) atoms. The van der Waals surface area contributed by atoms with Gasteiger partial charge >= 0.3 is 6.03 Å². The summed E-state index contributed by atoms with van der Waals surface area (Å²) in [6.07, 6.45) is 1.69. The molecule has 0 aliphatic carbocycles. The topological polar surface area (TPSA) is 95.5 Å². The van der Waals surface area contributed by atoms with Crippen LogP contribution < -0.4 is 5.32 Å². The van der Waals surface area contributed by atoms with Crippen molar-refractivity contribution in [2.75, 3.05) is 25.5 Å². The SMILES string of the molecule is Cc1nccc(-c2cccc(NC(=O)N3C[C@@H]4C(=O)N(C)C(=O)[C@@H]4C3)c2)n1. The van der Waals surface area contributed by atoms with E-state index >= 15 is 0 Å². The number of fused-ring (bicyclic) bond motifs is 1. The average molecular weight is 365 g/mol. The number of rotatable bonds is 2. The van der Waals surface area contributed by atoms with E-state index in [9.17, 15) is 14.4 Å². The molecule has 0 unspecified atom stereocenters. The molecule has 138 valence electrons. The van der Waals surface area contributed by atoms with Crippen LogP contribution in [-0.4, -0.2) is 57.8 Å². The largest absolute Gasteiger partial charge is 0.323 e. The van der Waals surface area contributed by atoms with Gasteiger partial charge in [-0.05, 0) is 25.1 Å². The summed E-state index contributed by atoms with van der Waals surface area (Å²) >= 11 is 0. The Kier molecular flexibility index (Phi) is 4.10. The van der Waals surface area contributed by atoms with Crippen LogP contribution in [0.5, 0.6) is 0 Å². The standard InChI is InChI=1S/C19H19N5O3/c1-11-20-7-6-16(21-11)12-4-3-5-13(8-12)22-19(27)24-9-14-15(10-24)18(26)23(2)17(14)25/h3-8,14-15H,9-10H2,1-2H3,(H,22,27)/t14-,15+. The number of hydrogen-bond donors (Lipinski definition) is 1. The van der Waals surface area contributed by atoms with Crippen LogP contribution in [-0.2, 0) is 9.59 Å². The Morgan fingerprint density at radius 2 is 1.85 bits per heavy atom. The maximum absolute atomic E-state index is 12.6. The Balaban J connectivity index is 1.47.